The van der Waals surface area contributed by atoms with Gasteiger partial charge in [0.05, 0.1) is 23.1 Å². The molecule has 1 aliphatic rings. The normalized spacial score (nSPS) is 21.0. The van der Waals surface area contributed by atoms with Crippen molar-refractivity contribution in [3.05, 3.63) is 29.3 Å². The van der Waals surface area contributed by atoms with Crippen molar-refractivity contribution in [2.24, 2.45) is 5.73 Å². The Bertz CT molecular complexity index is 748. The van der Waals surface area contributed by atoms with Gasteiger partial charge in [-0.2, -0.15) is 13.2 Å². The third-order valence-electron chi connectivity index (χ3n) is 4.11. The quantitative estimate of drug-likeness (QED) is 0.735. The molecule has 148 valence electrons. The number of hydrogen-bond donors (Lipinski definition) is 2. The van der Waals surface area contributed by atoms with Gasteiger partial charge in [-0.1, -0.05) is 0 Å². The molecule has 26 heavy (non-hydrogen) atoms. The van der Waals surface area contributed by atoms with E-state index in [1.165, 1.54) is 0 Å². The molecule has 1 saturated carbocycles. The van der Waals surface area contributed by atoms with Gasteiger partial charge in [0, 0.05) is 12.1 Å². The zero-order valence-electron chi connectivity index (χ0n) is 13.9. The molecule has 2 rings (SSSR count). The first-order chi connectivity index (χ1) is 11.5. The van der Waals surface area contributed by atoms with E-state index in [9.17, 15) is 26.4 Å². The van der Waals surface area contributed by atoms with Crippen LogP contribution in [0.3, 0.4) is 0 Å². The summed E-state index contributed by atoms with van der Waals surface area (Å²) in [7, 11) is -3.21. The van der Waals surface area contributed by atoms with Crippen LogP contribution in [-0.2, 0) is 20.9 Å². The monoisotopic (exact) mass is 416 g/mol. The Labute approximate surface area is 155 Å². The Morgan fingerprint density at radius 2 is 1.81 bits per heavy atom. The summed E-state index contributed by atoms with van der Waals surface area (Å²) in [5.41, 5.74) is 3.66. The number of rotatable bonds is 4. The number of carbonyl (C=O) groups excluding carboxylic acids is 1. The molecule has 0 aliphatic heterocycles. The number of nitrogens with one attached hydrogen (secondary N) is 1. The molecular weight excluding hydrogens is 397 g/mol. The van der Waals surface area contributed by atoms with Crippen LogP contribution in [0, 0.1) is 0 Å². The van der Waals surface area contributed by atoms with E-state index in [4.69, 9.17) is 5.73 Å². The molecule has 6 nitrogen and oxygen atoms in total. The fourth-order valence-electron chi connectivity index (χ4n) is 2.74. The van der Waals surface area contributed by atoms with Gasteiger partial charge in [0.2, 0.25) is 10.0 Å². The van der Waals surface area contributed by atoms with E-state index < -0.39 is 38.2 Å². The van der Waals surface area contributed by atoms with Crippen molar-refractivity contribution in [1.29, 1.82) is 0 Å². The number of carbonyl (C=O) groups is 1. The molecule has 1 aliphatic carbocycles. The van der Waals surface area contributed by atoms with Gasteiger partial charge in [-0.05, 0) is 43.9 Å². The molecule has 3 N–H and O–H groups in total. The van der Waals surface area contributed by atoms with Crippen molar-refractivity contribution >= 4 is 28.4 Å². The van der Waals surface area contributed by atoms with Crippen LogP contribution in [0.5, 0.6) is 0 Å². The fourth-order valence-corrected chi connectivity index (χ4v) is 4.07. The Morgan fingerprint density at radius 3 is 2.31 bits per heavy atom. The van der Waals surface area contributed by atoms with Gasteiger partial charge in [0.15, 0.2) is 0 Å². The maximum atomic E-state index is 13.2. The van der Waals surface area contributed by atoms with E-state index in [-0.39, 0.29) is 24.5 Å². The van der Waals surface area contributed by atoms with Gasteiger partial charge in [-0.25, -0.2) is 17.9 Å². The van der Waals surface area contributed by atoms with Crippen LogP contribution in [-0.4, -0.2) is 33.6 Å². The highest BCUT2D eigenvalue weighted by atomic mass is 35.5. The van der Waals surface area contributed by atoms with Crippen molar-refractivity contribution in [2.45, 2.75) is 48.8 Å². The first-order valence-corrected chi connectivity index (χ1v) is 9.10. The number of methoxy groups -OCH3 is 1. The lowest BCUT2D eigenvalue weighted by molar-refractivity contribution is -0.138. The number of hydrogen-bond acceptors (Lipinski definition) is 5. The van der Waals surface area contributed by atoms with Crippen LogP contribution in [0.15, 0.2) is 23.1 Å². The summed E-state index contributed by atoms with van der Waals surface area (Å²) in [5.74, 6) is -1.19. The lowest BCUT2D eigenvalue weighted by Gasteiger charge is -2.26. The molecule has 0 bridgehead atoms. The van der Waals surface area contributed by atoms with Gasteiger partial charge in [-0.3, -0.25) is 0 Å². The minimum atomic E-state index is -4.90. The largest absolute Gasteiger partial charge is 0.465 e. The zero-order chi connectivity index (χ0) is 18.8. The smallest absolute Gasteiger partial charge is 0.417 e. The number of halogens is 4. The lowest BCUT2D eigenvalue weighted by Crippen LogP contribution is -2.40. The van der Waals surface area contributed by atoms with Crippen LogP contribution in [0.1, 0.15) is 41.6 Å². The van der Waals surface area contributed by atoms with Crippen LogP contribution >= 0.6 is 12.4 Å². The first kappa shape index (κ1) is 22.7. The zero-order valence-corrected chi connectivity index (χ0v) is 15.5. The Kier molecular flexibility index (Phi) is 7.46. The molecule has 1 fully saturated rings. The van der Waals surface area contributed by atoms with Gasteiger partial charge in [0.25, 0.3) is 0 Å². The van der Waals surface area contributed by atoms with Gasteiger partial charge in [-0.15, -0.1) is 12.4 Å². The highest BCUT2D eigenvalue weighted by Gasteiger charge is 2.37. The van der Waals surface area contributed by atoms with E-state index in [2.05, 4.69) is 9.46 Å². The predicted octanol–water partition coefficient (Wildman–Crippen LogP) is 2.46. The summed E-state index contributed by atoms with van der Waals surface area (Å²) < 4.78 is 71.0. The van der Waals surface area contributed by atoms with E-state index in [1.807, 2.05) is 0 Å². The summed E-state index contributed by atoms with van der Waals surface area (Å²) in [5, 5.41) is 0. The summed E-state index contributed by atoms with van der Waals surface area (Å²) >= 11 is 0. The molecule has 11 heteroatoms. The minimum Gasteiger partial charge on any atom is -0.465 e. The number of benzene rings is 1. The summed E-state index contributed by atoms with van der Waals surface area (Å²) in [4.78, 5) is 10.9. The molecule has 0 saturated heterocycles. The third kappa shape index (κ3) is 5.32. The summed E-state index contributed by atoms with van der Waals surface area (Å²) in [6.07, 6.45) is -2.57. The summed E-state index contributed by atoms with van der Waals surface area (Å²) in [6, 6.07) is 1.85. The number of alkyl halides is 3. The Morgan fingerprint density at radius 1 is 1.23 bits per heavy atom. The Hall–Kier alpha value is -1.36. The molecule has 0 unspecified atom stereocenters. The average molecular weight is 417 g/mol. The maximum Gasteiger partial charge on any atom is 0.417 e. The van der Waals surface area contributed by atoms with Crippen molar-refractivity contribution in [2.75, 3.05) is 7.11 Å². The first-order valence-electron chi connectivity index (χ1n) is 7.62. The molecule has 0 atom stereocenters. The number of nitrogens with two attached hydrogens (primary N) is 1. The average Bonchev–Trinajstić information content (AvgIpc) is 2.54. The van der Waals surface area contributed by atoms with Crippen molar-refractivity contribution < 1.29 is 31.1 Å². The fraction of sp³-hybridized carbons (Fsp3) is 0.533. The SMILES string of the molecule is COC(=O)c1ccc(S(=O)(=O)NC2CCC(N)CC2)cc1C(F)(F)F.Cl. The lowest BCUT2D eigenvalue weighted by atomic mass is 9.93. The van der Waals surface area contributed by atoms with E-state index in [1.54, 1.807) is 0 Å². The van der Waals surface area contributed by atoms with Crippen LogP contribution in [0.4, 0.5) is 13.2 Å². The van der Waals surface area contributed by atoms with E-state index >= 15 is 0 Å². The predicted molar refractivity (Wildman–Crippen MR) is 90.6 cm³/mol. The molecule has 0 aromatic heterocycles. The van der Waals surface area contributed by atoms with E-state index in [0.717, 1.165) is 19.2 Å². The minimum absolute atomic E-state index is 0. The van der Waals surface area contributed by atoms with Crippen LogP contribution < -0.4 is 10.5 Å². The molecule has 1 aromatic carbocycles. The Balaban J connectivity index is 0.00000338. The van der Waals surface area contributed by atoms with E-state index in [0.29, 0.717) is 31.7 Å². The summed E-state index contributed by atoms with van der Waals surface area (Å²) in [6.45, 7) is 0. The van der Waals surface area contributed by atoms with Gasteiger partial charge in [0.1, 0.15) is 0 Å². The number of ether oxygens (including phenoxy) is 1. The number of esters is 1. The second-order valence-corrected chi connectivity index (χ2v) is 7.64. The van der Waals surface area contributed by atoms with Crippen molar-refractivity contribution in [1.82, 2.24) is 4.72 Å². The van der Waals surface area contributed by atoms with Gasteiger partial charge < -0.3 is 10.5 Å². The highest BCUT2D eigenvalue weighted by Crippen LogP contribution is 2.34. The van der Waals surface area contributed by atoms with Gasteiger partial charge >= 0.3 is 12.1 Å². The standard InChI is InChI=1S/C15H19F3N2O4S.ClH/c1-24-14(21)12-7-6-11(8-13(12)15(16,17)18)25(22,23)20-10-4-2-9(19)3-5-10;/h6-10,20H,2-5,19H2,1H3;1H. The molecular formula is C15H20ClF3N2O4S. The molecule has 0 radical (unpaired) electrons. The van der Waals surface area contributed by atoms with Crippen LogP contribution in [0.25, 0.3) is 0 Å². The second kappa shape index (κ2) is 8.55. The third-order valence-corrected chi connectivity index (χ3v) is 5.62. The topological polar surface area (TPSA) is 98.5 Å². The molecule has 0 spiro atoms. The van der Waals surface area contributed by atoms with Crippen molar-refractivity contribution in [3.8, 4) is 0 Å². The van der Waals surface area contributed by atoms with Crippen LogP contribution in [0.2, 0.25) is 0 Å². The van der Waals surface area contributed by atoms with Crippen molar-refractivity contribution in [3.63, 3.8) is 0 Å². The molecule has 1 aromatic rings. The molecule has 0 amide bonds. The highest BCUT2D eigenvalue weighted by molar-refractivity contribution is 7.89. The second-order valence-electron chi connectivity index (χ2n) is 5.93. The maximum absolute atomic E-state index is 13.2. The number of sulfonamides is 1. The molecule has 0 heterocycles.